The number of rotatable bonds is 1. The Morgan fingerprint density at radius 2 is 1.75 bits per heavy atom. The molecule has 2 heterocycles. The quantitative estimate of drug-likeness (QED) is 0.709. The molecule has 1 aromatic carbocycles. The molecule has 2 aromatic rings. The second kappa shape index (κ2) is 4.40. The van der Waals surface area contributed by atoms with E-state index in [1.807, 2.05) is 22.8 Å². The Bertz CT molecular complexity index is 516. The summed E-state index contributed by atoms with van der Waals surface area (Å²) in [4.78, 5) is 2.87. The summed E-state index contributed by atoms with van der Waals surface area (Å²) in [7, 11) is 0. The van der Waals surface area contributed by atoms with Crippen LogP contribution in [-0.4, -0.2) is 0 Å². The van der Waals surface area contributed by atoms with Crippen LogP contribution < -0.4 is 4.34 Å². The molecule has 0 saturated heterocycles. The van der Waals surface area contributed by atoms with Crippen molar-refractivity contribution < 1.29 is 4.34 Å². The molecule has 1 nitrogen and oxygen atoms in total. The predicted molar refractivity (Wildman–Crippen MR) is 71.8 cm³/mol. The van der Waals surface area contributed by atoms with Crippen molar-refractivity contribution in [2.24, 2.45) is 0 Å². The van der Waals surface area contributed by atoms with Crippen LogP contribution in [0.2, 0.25) is 0 Å². The molecular formula is C12H11NPS2+. The molecule has 1 aromatic heterocycles. The highest BCUT2D eigenvalue weighted by Gasteiger charge is 2.32. The second-order valence-electron chi connectivity index (χ2n) is 3.63. The Labute approximate surface area is 105 Å². The van der Waals surface area contributed by atoms with Gasteiger partial charge in [0.05, 0.1) is 0 Å². The first-order valence-corrected chi connectivity index (χ1v) is 9.20. The van der Waals surface area contributed by atoms with Crippen LogP contribution in [0.1, 0.15) is 5.56 Å². The van der Waals surface area contributed by atoms with E-state index in [0.29, 0.717) is 0 Å². The predicted octanol–water partition coefficient (Wildman–Crippen LogP) is 4.26. The van der Waals surface area contributed by atoms with Crippen molar-refractivity contribution in [3.05, 3.63) is 54.4 Å². The molecular weight excluding hydrogens is 253 g/mol. The van der Waals surface area contributed by atoms with Gasteiger partial charge in [-0.2, -0.15) is 4.34 Å². The summed E-state index contributed by atoms with van der Waals surface area (Å²) >= 11 is 3.98. The zero-order chi connectivity index (χ0) is 11.0. The summed E-state index contributed by atoms with van der Waals surface area (Å²) in [6.07, 6.45) is 4.31. The molecule has 0 amide bonds. The van der Waals surface area contributed by atoms with Gasteiger partial charge in [0, 0.05) is 21.9 Å². The molecule has 80 valence electrons. The summed E-state index contributed by atoms with van der Waals surface area (Å²) in [5.41, 5.74) is 1.35. The summed E-state index contributed by atoms with van der Waals surface area (Å²) in [6, 6.07) is 13.0. The Morgan fingerprint density at radius 1 is 1.00 bits per heavy atom. The number of nitrogens with zero attached hydrogens (tertiary/aromatic N) is 1. The number of pyridine rings is 1. The molecule has 3 rings (SSSR count). The van der Waals surface area contributed by atoms with E-state index in [1.54, 1.807) is 0 Å². The molecule has 1 aliphatic heterocycles. The normalized spacial score (nSPS) is 18.4. The van der Waals surface area contributed by atoms with Gasteiger partial charge >= 0.3 is 6.48 Å². The topological polar surface area (TPSA) is 3.88 Å². The number of fused-ring (bicyclic) bond motifs is 1. The van der Waals surface area contributed by atoms with Crippen molar-refractivity contribution in [2.75, 3.05) is 0 Å². The lowest BCUT2D eigenvalue weighted by Gasteiger charge is -1.98. The number of benzene rings is 1. The van der Waals surface area contributed by atoms with Crippen LogP contribution in [0.25, 0.3) is 0 Å². The van der Waals surface area contributed by atoms with E-state index in [9.17, 15) is 0 Å². The van der Waals surface area contributed by atoms with Crippen molar-refractivity contribution in [3.8, 4) is 0 Å². The standard InChI is InChI=1S/C12H11NPS2/c1-10-5-6-11-12(9-10)16-14(15-11)13-7-3-2-4-8-13/h2-9H,1H3/q+1. The first-order valence-electron chi connectivity index (χ1n) is 5.06. The summed E-state index contributed by atoms with van der Waals surface area (Å²) in [5, 5.41) is 0. The Kier molecular flexibility index (Phi) is 2.93. The third kappa shape index (κ3) is 2.00. The smallest absolute Gasteiger partial charge is 0.172 e. The van der Waals surface area contributed by atoms with Crippen molar-refractivity contribution in [1.29, 1.82) is 0 Å². The summed E-state index contributed by atoms with van der Waals surface area (Å²) < 4.78 is 2.32. The highest BCUT2D eigenvalue weighted by molar-refractivity contribution is 8.87. The van der Waals surface area contributed by atoms with Crippen LogP contribution in [-0.2, 0) is 0 Å². The van der Waals surface area contributed by atoms with Gasteiger partial charge in [-0.05, 0) is 47.4 Å². The number of aromatic nitrogens is 1. The zero-order valence-electron chi connectivity index (χ0n) is 8.83. The van der Waals surface area contributed by atoms with Gasteiger partial charge in [0.2, 0.25) is 0 Å². The maximum absolute atomic E-state index is 2.32. The lowest BCUT2D eigenvalue weighted by Crippen LogP contribution is -2.22. The average molecular weight is 264 g/mol. The number of hydrogen-bond donors (Lipinski definition) is 0. The minimum Gasteiger partial charge on any atom is -0.172 e. The van der Waals surface area contributed by atoms with E-state index >= 15 is 0 Å². The van der Waals surface area contributed by atoms with Crippen LogP contribution in [0.4, 0.5) is 0 Å². The molecule has 0 bridgehead atoms. The van der Waals surface area contributed by atoms with Crippen LogP contribution in [0.5, 0.6) is 0 Å². The Balaban J connectivity index is 1.91. The first kappa shape index (κ1) is 10.6. The molecule has 0 fully saturated rings. The van der Waals surface area contributed by atoms with Crippen molar-refractivity contribution in [1.82, 2.24) is 0 Å². The van der Waals surface area contributed by atoms with Gasteiger partial charge in [0.1, 0.15) is 0 Å². The Morgan fingerprint density at radius 3 is 2.56 bits per heavy atom. The van der Waals surface area contributed by atoms with E-state index in [4.69, 9.17) is 0 Å². The van der Waals surface area contributed by atoms with Gasteiger partial charge in [0.15, 0.2) is 12.4 Å². The molecule has 1 aliphatic rings. The highest BCUT2D eigenvalue weighted by atomic mass is 33.1. The first-order chi connectivity index (χ1) is 7.83. The maximum Gasteiger partial charge on any atom is 0.323 e. The fraction of sp³-hybridized carbons (Fsp3) is 0.0833. The van der Waals surface area contributed by atoms with Gasteiger partial charge in [-0.15, -0.1) is 0 Å². The molecule has 4 heteroatoms. The minimum atomic E-state index is -0.229. The molecule has 0 spiro atoms. The molecule has 1 atom stereocenters. The zero-order valence-corrected chi connectivity index (χ0v) is 11.4. The molecule has 0 N–H and O–H groups in total. The molecule has 16 heavy (non-hydrogen) atoms. The van der Waals surface area contributed by atoms with E-state index in [-0.39, 0.29) is 6.48 Å². The van der Waals surface area contributed by atoms with E-state index < -0.39 is 0 Å². The van der Waals surface area contributed by atoms with Gasteiger partial charge in [-0.25, -0.2) is 0 Å². The van der Waals surface area contributed by atoms with Crippen molar-refractivity contribution in [2.45, 2.75) is 16.7 Å². The third-order valence-corrected chi connectivity index (χ3v) is 9.10. The van der Waals surface area contributed by atoms with Crippen LogP contribution in [0.15, 0.2) is 58.6 Å². The van der Waals surface area contributed by atoms with Gasteiger partial charge in [-0.3, -0.25) is 0 Å². The van der Waals surface area contributed by atoms with E-state index in [2.05, 4.69) is 60.1 Å². The lowest BCUT2D eigenvalue weighted by atomic mass is 10.2. The van der Waals surface area contributed by atoms with Gasteiger partial charge in [-0.1, -0.05) is 12.1 Å². The maximum atomic E-state index is 2.32. The summed E-state index contributed by atoms with van der Waals surface area (Å²) in [5.74, 6) is 0. The largest absolute Gasteiger partial charge is 0.323 e. The third-order valence-electron chi connectivity index (χ3n) is 2.34. The second-order valence-corrected chi connectivity index (χ2v) is 9.67. The molecule has 1 unspecified atom stereocenters. The van der Waals surface area contributed by atoms with Crippen LogP contribution in [0.3, 0.4) is 0 Å². The minimum absolute atomic E-state index is 0.229. The fourth-order valence-electron chi connectivity index (χ4n) is 1.54. The molecule has 0 radical (unpaired) electrons. The van der Waals surface area contributed by atoms with E-state index in [1.165, 1.54) is 15.4 Å². The van der Waals surface area contributed by atoms with Crippen LogP contribution >= 0.6 is 29.2 Å². The summed E-state index contributed by atoms with van der Waals surface area (Å²) in [6.45, 7) is 1.93. The molecule has 0 saturated carbocycles. The Hall–Kier alpha value is -0.500. The average Bonchev–Trinajstić information content (AvgIpc) is 2.73. The van der Waals surface area contributed by atoms with Crippen molar-refractivity contribution >= 4 is 29.2 Å². The number of hydrogen-bond acceptors (Lipinski definition) is 2. The SMILES string of the molecule is Cc1ccc2c(c1)SP([n+]1ccccc1)S2. The highest BCUT2D eigenvalue weighted by Crippen LogP contribution is 2.70. The van der Waals surface area contributed by atoms with Gasteiger partial charge < -0.3 is 0 Å². The van der Waals surface area contributed by atoms with Gasteiger partial charge in [0.25, 0.3) is 0 Å². The monoisotopic (exact) mass is 264 g/mol. The fourth-order valence-corrected chi connectivity index (χ4v) is 8.82. The molecule has 0 aliphatic carbocycles. The lowest BCUT2D eigenvalue weighted by molar-refractivity contribution is -0.503. The number of aryl methyl sites for hydroxylation is 1. The van der Waals surface area contributed by atoms with Crippen LogP contribution in [0, 0.1) is 6.92 Å². The van der Waals surface area contributed by atoms with Crippen molar-refractivity contribution in [3.63, 3.8) is 0 Å². The van der Waals surface area contributed by atoms with E-state index in [0.717, 1.165) is 0 Å².